The number of carbonyl (C=O) groups is 2. The van der Waals surface area contributed by atoms with Gasteiger partial charge in [0.05, 0.1) is 18.7 Å². The van der Waals surface area contributed by atoms with E-state index in [-0.39, 0.29) is 63.3 Å². The third-order valence-corrected chi connectivity index (χ3v) is 7.50. The Morgan fingerprint density at radius 3 is 2.15 bits per heavy atom. The Bertz CT molecular complexity index is 1110. The van der Waals surface area contributed by atoms with Crippen LogP contribution < -0.4 is 4.90 Å². The van der Waals surface area contributed by atoms with E-state index >= 15 is 0 Å². The van der Waals surface area contributed by atoms with E-state index < -0.39 is 48.4 Å². The van der Waals surface area contributed by atoms with Crippen LogP contribution in [0.15, 0.2) is 18.2 Å². The number of carboxylic acid groups (broad SMARTS) is 1. The van der Waals surface area contributed by atoms with Crippen LogP contribution in [0.4, 0.5) is 50.0 Å². The topological polar surface area (TPSA) is 82.6 Å². The Morgan fingerprint density at radius 1 is 1.00 bits per heavy atom. The van der Waals surface area contributed by atoms with Crippen molar-refractivity contribution in [2.45, 2.75) is 50.1 Å². The van der Waals surface area contributed by atoms with Gasteiger partial charge in [-0.2, -0.15) is 39.5 Å². The molecular weight excluding hydrogens is 581 g/mol. The zero-order chi connectivity index (χ0) is 30.4. The summed E-state index contributed by atoms with van der Waals surface area (Å²) >= 11 is 0. The maximum Gasteiger partial charge on any atom is 0.434 e. The van der Waals surface area contributed by atoms with E-state index in [1.165, 1.54) is 11.0 Å². The lowest BCUT2D eigenvalue weighted by atomic mass is 9.72. The number of hydrogen-bond acceptors (Lipinski definition) is 6. The Labute approximate surface area is 227 Å². The first-order valence-corrected chi connectivity index (χ1v) is 12.5. The van der Waals surface area contributed by atoms with Crippen LogP contribution in [0.25, 0.3) is 0 Å². The number of ether oxygens (including phenoxy) is 2. The van der Waals surface area contributed by atoms with Crippen LogP contribution >= 0.6 is 0 Å². The fourth-order valence-corrected chi connectivity index (χ4v) is 5.42. The van der Waals surface area contributed by atoms with Crippen molar-refractivity contribution < 1.29 is 63.7 Å². The van der Waals surface area contributed by atoms with Gasteiger partial charge in [-0.3, -0.25) is 4.90 Å². The molecule has 1 N–H and O–H groups in total. The second-order valence-corrected chi connectivity index (χ2v) is 10.5. The summed E-state index contributed by atoms with van der Waals surface area (Å²) < 4.78 is 126. The molecule has 1 atom stereocenters. The number of amides is 1. The van der Waals surface area contributed by atoms with E-state index in [9.17, 15) is 54.2 Å². The van der Waals surface area contributed by atoms with Crippen molar-refractivity contribution in [1.82, 2.24) is 9.80 Å². The second-order valence-electron chi connectivity index (χ2n) is 10.5. The molecule has 1 aromatic carbocycles. The van der Waals surface area contributed by atoms with Crippen LogP contribution in [-0.2, 0) is 27.0 Å². The standard InChI is InChI=1S/C24H26F9N3O5/c25-22(26,27)15-2-1-14(16(9-15)36-7-8-40-17(11-36)18(37)38)10-34-12-21(13-34)3-5-35(6-4-21)20(39)41-19(23(28,29)30)24(31,32)33/h1-2,9,17,19H,3-8,10-13H2,(H,37,38). The molecule has 41 heavy (non-hydrogen) atoms. The molecule has 3 aliphatic rings. The van der Waals surface area contributed by atoms with Gasteiger partial charge in [0.25, 0.3) is 6.10 Å². The Balaban J connectivity index is 1.38. The molecule has 8 nitrogen and oxygen atoms in total. The number of piperidine rings is 1. The number of anilines is 1. The SMILES string of the molecule is O=C(O)C1CN(c2cc(C(F)(F)F)ccc2CN2CC3(CCN(C(=O)OC(C(F)(F)F)C(F)(F)F)CC3)C2)CCO1. The zero-order valence-corrected chi connectivity index (χ0v) is 21.3. The molecule has 0 aliphatic carbocycles. The highest BCUT2D eigenvalue weighted by atomic mass is 19.4. The number of carbonyl (C=O) groups excluding carboxylic acids is 1. The molecule has 4 rings (SSSR count). The first kappa shape index (κ1) is 31.0. The number of likely N-dealkylation sites (tertiary alicyclic amines) is 2. The molecule has 1 unspecified atom stereocenters. The quantitative estimate of drug-likeness (QED) is 0.493. The van der Waals surface area contributed by atoms with Crippen LogP contribution in [0.5, 0.6) is 0 Å². The summed E-state index contributed by atoms with van der Waals surface area (Å²) in [6, 6.07) is 3.22. The number of alkyl halides is 9. The van der Waals surface area contributed by atoms with Crippen molar-refractivity contribution in [2.75, 3.05) is 50.8 Å². The van der Waals surface area contributed by atoms with Crippen molar-refractivity contribution in [1.29, 1.82) is 0 Å². The van der Waals surface area contributed by atoms with Gasteiger partial charge in [-0.05, 0) is 36.0 Å². The molecule has 0 radical (unpaired) electrons. The third-order valence-electron chi connectivity index (χ3n) is 7.50. The molecule has 1 amide bonds. The van der Waals surface area contributed by atoms with Gasteiger partial charge in [0.15, 0.2) is 6.10 Å². The molecule has 3 fully saturated rings. The summed E-state index contributed by atoms with van der Waals surface area (Å²) in [4.78, 5) is 27.7. The Hall–Kier alpha value is -2.95. The van der Waals surface area contributed by atoms with Gasteiger partial charge in [-0.25, -0.2) is 9.59 Å². The highest BCUT2D eigenvalue weighted by Gasteiger charge is 2.60. The van der Waals surface area contributed by atoms with Crippen molar-refractivity contribution in [3.05, 3.63) is 29.3 Å². The highest BCUT2D eigenvalue weighted by molar-refractivity contribution is 5.74. The van der Waals surface area contributed by atoms with Crippen molar-refractivity contribution in [3.8, 4) is 0 Å². The van der Waals surface area contributed by atoms with Crippen molar-refractivity contribution in [3.63, 3.8) is 0 Å². The van der Waals surface area contributed by atoms with Crippen LogP contribution in [0.3, 0.4) is 0 Å². The van der Waals surface area contributed by atoms with E-state index in [4.69, 9.17) is 4.74 Å². The Morgan fingerprint density at radius 2 is 1.61 bits per heavy atom. The molecule has 3 aliphatic heterocycles. The molecule has 0 aromatic heterocycles. The average molecular weight is 607 g/mol. The zero-order valence-electron chi connectivity index (χ0n) is 21.3. The van der Waals surface area contributed by atoms with E-state index in [1.807, 2.05) is 4.90 Å². The smallest absolute Gasteiger partial charge is 0.434 e. The van der Waals surface area contributed by atoms with Crippen molar-refractivity contribution >= 4 is 17.7 Å². The summed E-state index contributed by atoms with van der Waals surface area (Å²) in [5.41, 5.74) is -0.529. The minimum Gasteiger partial charge on any atom is -0.479 e. The van der Waals surface area contributed by atoms with Gasteiger partial charge >= 0.3 is 30.6 Å². The van der Waals surface area contributed by atoms with Crippen LogP contribution in [0, 0.1) is 5.41 Å². The normalized spacial score (nSPS) is 22.1. The Kier molecular flexibility index (Phi) is 8.34. The predicted molar refractivity (Wildman–Crippen MR) is 122 cm³/mol. The number of carboxylic acids is 1. The maximum atomic E-state index is 13.4. The molecule has 3 heterocycles. The first-order chi connectivity index (χ1) is 18.9. The van der Waals surface area contributed by atoms with Gasteiger partial charge in [-0.15, -0.1) is 0 Å². The lowest BCUT2D eigenvalue weighted by Gasteiger charge is -2.54. The van der Waals surface area contributed by atoms with Gasteiger partial charge in [0.2, 0.25) is 0 Å². The number of morpholine rings is 1. The predicted octanol–water partition coefficient (Wildman–Crippen LogP) is 4.52. The second kappa shape index (κ2) is 11.0. The molecule has 0 bridgehead atoms. The molecule has 0 saturated carbocycles. The summed E-state index contributed by atoms with van der Waals surface area (Å²) in [5.74, 6) is -1.24. The molecular formula is C24H26F9N3O5. The molecule has 17 heteroatoms. The largest absolute Gasteiger partial charge is 0.479 e. The fourth-order valence-electron chi connectivity index (χ4n) is 5.42. The minimum absolute atomic E-state index is 0.00506. The molecule has 1 aromatic rings. The van der Waals surface area contributed by atoms with Crippen molar-refractivity contribution in [2.24, 2.45) is 5.41 Å². The summed E-state index contributed by atoms with van der Waals surface area (Å²) in [7, 11) is 0. The minimum atomic E-state index is -5.81. The van der Waals surface area contributed by atoms with Gasteiger partial charge in [0.1, 0.15) is 0 Å². The number of halogens is 9. The summed E-state index contributed by atoms with van der Waals surface area (Å²) in [6.45, 7) is 0.881. The first-order valence-electron chi connectivity index (χ1n) is 12.5. The number of rotatable bonds is 5. The van der Waals surface area contributed by atoms with Crippen LogP contribution in [-0.4, -0.2) is 97.4 Å². The molecule has 230 valence electrons. The molecule has 3 saturated heterocycles. The van der Waals surface area contributed by atoms with Crippen LogP contribution in [0.1, 0.15) is 24.0 Å². The fraction of sp³-hybridized carbons (Fsp3) is 0.667. The number of hydrogen-bond donors (Lipinski definition) is 1. The monoisotopic (exact) mass is 607 g/mol. The number of nitrogens with zero attached hydrogens (tertiary/aromatic N) is 3. The van der Waals surface area contributed by atoms with Gasteiger partial charge in [0, 0.05) is 45.0 Å². The summed E-state index contributed by atoms with van der Waals surface area (Å²) in [5, 5.41) is 9.28. The number of benzene rings is 1. The van der Waals surface area contributed by atoms with E-state index in [0.29, 0.717) is 18.7 Å². The lowest BCUT2D eigenvalue weighted by molar-refractivity contribution is -0.308. The van der Waals surface area contributed by atoms with Gasteiger partial charge < -0.3 is 24.4 Å². The van der Waals surface area contributed by atoms with E-state index in [1.54, 1.807) is 0 Å². The van der Waals surface area contributed by atoms with E-state index in [0.717, 1.165) is 17.0 Å². The maximum absolute atomic E-state index is 13.4. The lowest BCUT2D eigenvalue weighted by Crippen LogP contribution is -2.60. The van der Waals surface area contributed by atoms with Gasteiger partial charge in [-0.1, -0.05) is 6.07 Å². The highest BCUT2D eigenvalue weighted by Crippen LogP contribution is 2.43. The van der Waals surface area contributed by atoms with Crippen LogP contribution in [0.2, 0.25) is 0 Å². The third kappa shape index (κ3) is 7.10. The molecule has 1 spiro atoms. The summed E-state index contributed by atoms with van der Waals surface area (Å²) in [6.07, 6.45) is -22.8. The average Bonchev–Trinajstić information content (AvgIpc) is 2.85. The van der Waals surface area contributed by atoms with E-state index in [2.05, 4.69) is 4.74 Å². The number of aliphatic carboxylic acids is 1.